The van der Waals surface area contributed by atoms with Crippen molar-refractivity contribution < 1.29 is 4.74 Å². The van der Waals surface area contributed by atoms with Crippen molar-refractivity contribution in [2.45, 2.75) is 27.2 Å². The number of hydrogen-bond acceptors (Lipinski definition) is 4. The summed E-state index contributed by atoms with van der Waals surface area (Å²) in [5, 5.41) is 6.97. The minimum absolute atomic E-state index is 0.628. The Bertz CT molecular complexity index is 264. The molecule has 0 aliphatic carbocycles. The second-order valence-electron chi connectivity index (χ2n) is 2.41. The third-order valence-electron chi connectivity index (χ3n) is 1.37. The summed E-state index contributed by atoms with van der Waals surface area (Å²) in [6.07, 6.45) is 3.84. The molecule has 0 spiro atoms. The van der Waals surface area contributed by atoms with Crippen molar-refractivity contribution in [2.24, 2.45) is 5.73 Å². The van der Waals surface area contributed by atoms with E-state index in [2.05, 4.69) is 17.6 Å². The predicted octanol–water partition coefficient (Wildman–Crippen LogP) is 2.47. The first-order valence-electron chi connectivity index (χ1n) is 5.54. The van der Waals surface area contributed by atoms with Crippen molar-refractivity contribution >= 4 is 6.21 Å². The average molecular weight is 225 g/mol. The van der Waals surface area contributed by atoms with Crippen LogP contribution in [-0.4, -0.2) is 24.9 Å². The van der Waals surface area contributed by atoms with Crippen LogP contribution in [0.25, 0.3) is 0 Å². The Balaban J connectivity index is 0. The zero-order valence-electron chi connectivity index (χ0n) is 10.7. The number of nitrogens with two attached hydrogens (primary N) is 1. The van der Waals surface area contributed by atoms with Crippen LogP contribution in [0.5, 0.6) is 5.75 Å². The van der Waals surface area contributed by atoms with E-state index in [0.29, 0.717) is 12.3 Å². The molecule has 0 fully saturated rings. The Hall–Kier alpha value is -1.42. The number of nitrogens with zero attached hydrogens (tertiary/aromatic N) is 1. The van der Waals surface area contributed by atoms with Gasteiger partial charge in [-0.25, -0.2) is 0 Å². The minimum Gasteiger partial charge on any atom is -0.493 e. The third kappa shape index (κ3) is 7.94. The van der Waals surface area contributed by atoms with E-state index in [1.54, 1.807) is 18.3 Å². The lowest BCUT2D eigenvalue weighted by atomic mass is 10.3. The number of pyridine rings is 1. The molecule has 0 aliphatic rings. The number of nitrogens with one attached hydrogen (secondary N) is 1. The maximum atomic E-state index is 6.97. The summed E-state index contributed by atoms with van der Waals surface area (Å²) < 4.78 is 5.35. The van der Waals surface area contributed by atoms with Crippen molar-refractivity contribution in [3.8, 4) is 5.75 Å². The molecule has 0 aromatic carbocycles. The highest BCUT2D eigenvalue weighted by molar-refractivity contribution is 5.74. The van der Waals surface area contributed by atoms with Gasteiger partial charge in [0.1, 0.15) is 5.75 Å². The van der Waals surface area contributed by atoms with Gasteiger partial charge in [0.15, 0.2) is 0 Å². The zero-order chi connectivity index (χ0) is 12.8. The molecule has 4 nitrogen and oxygen atoms in total. The van der Waals surface area contributed by atoms with Gasteiger partial charge in [0.2, 0.25) is 0 Å². The van der Waals surface area contributed by atoms with Gasteiger partial charge in [0, 0.05) is 18.5 Å². The molecule has 0 radical (unpaired) electrons. The van der Waals surface area contributed by atoms with Gasteiger partial charge in [-0.15, -0.1) is 0 Å². The lowest BCUT2D eigenvalue weighted by Crippen LogP contribution is -1.96. The minimum atomic E-state index is 0.628. The molecule has 0 aliphatic heterocycles. The monoisotopic (exact) mass is 225 g/mol. The normalized spacial score (nSPS) is 7.81. The SMILES string of the molecule is CC.CCCOc1ccnc(C=N)c1.CN. The molecule has 1 heterocycles. The summed E-state index contributed by atoms with van der Waals surface area (Å²) in [5.74, 6) is 0.783. The highest BCUT2D eigenvalue weighted by atomic mass is 16.5. The summed E-state index contributed by atoms with van der Waals surface area (Å²) in [6.45, 7) is 6.76. The standard InChI is InChI=1S/C9H12N2O.C2H6.CH5N/c1-2-5-12-9-3-4-11-8(6-9)7-10;2*1-2/h3-4,6-7,10H,2,5H2,1H3;1-2H3;2H2,1H3. The molecule has 3 N–H and O–H groups in total. The molecule has 16 heavy (non-hydrogen) atoms. The Morgan fingerprint density at radius 2 is 2.06 bits per heavy atom. The fourth-order valence-electron chi connectivity index (χ4n) is 0.817. The molecule has 0 saturated heterocycles. The van der Waals surface area contributed by atoms with Crippen molar-refractivity contribution in [1.29, 1.82) is 5.41 Å². The van der Waals surface area contributed by atoms with E-state index in [-0.39, 0.29) is 0 Å². The van der Waals surface area contributed by atoms with Gasteiger partial charge < -0.3 is 15.9 Å². The average Bonchev–Trinajstić information content (AvgIpc) is 2.41. The summed E-state index contributed by atoms with van der Waals surface area (Å²) in [7, 11) is 1.50. The van der Waals surface area contributed by atoms with Crippen LogP contribution >= 0.6 is 0 Å². The smallest absolute Gasteiger partial charge is 0.123 e. The fraction of sp³-hybridized carbons (Fsp3) is 0.500. The molecule has 0 atom stereocenters. The molecule has 1 rings (SSSR count). The van der Waals surface area contributed by atoms with Crippen LogP contribution in [0.1, 0.15) is 32.9 Å². The molecule has 1 aromatic heterocycles. The number of aromatic nitrogens is 1. The van der Waals surface area contributed by atoms with E-state index in [1.165, 1.54) is 13.3 Å². The van der Waals surface area contributed by atoms with E-state index in [9.17, 15) is 0 Å². The highest BCUT2D eigenvalue weighted by Gasteiger charge is 1.93. The van der Waals surface area contributed by atoms with E-state index >= 15 is 0 Å². The van der Waals surface area contributed by atoms with Crippen LogP contribution in [0.15, 0.2) is 18.3 Å². The third-order valence-corrected chi connectivity index (χ3v) is 1.37. The lowest BCUT2D eigenvalue weighted by Gasteiger charge is -2.03. The molecule has 0 amide bonds. The first-order valence-corrected chi connectivity index (χ1v) is 5.54. The highest BCUT2D eigenvalue weighted by Crippen LogP contribution is 2.09. The molecule has 4 heteroatoms. The molecule has 1 aromatic rings. The Kier molecular flexibility index (Phi) is 14.4. The van der Waals surface area contributed by atoms with Crippen LogP contribution in [0, 0.1) is 5.41 Å². The summed E-state index contributed by atoms with van der Waals surface area (Å²) in [5.41, 5.74) is 5.13. The summed E-state index contributed by atoms with van der Waals surface area (Å²) in [4.78, 5) is 3.94. The Labute approximate surface area is 98.4 Å². The van der Waals surface area contributed by atoms with Crippen LogP contribution in [0.4, 0.5) is 0 Å². The second-order valence-corrected chi connectivity index (χ2v) is 2.41. The largest absolute Gasteiger partial charge is 0.493 e. The van der Waals surface area contributed by atoms with Gasteiger partial charge in [-0.05, 0) is 19.5 Å². The van der Waals surface area contributed by atoms with E-state index in [1.807, 2.05) is 13.8 Å². The van der Waals surface area contributed by atoms with Crippen molar-refractivity contribution in [3.63, 3.8) is 0 Å². The fourth-order valence-corrected chi connectivity index (χ4v) is 0.817. The van der Waals surface area contributed by atoms with E-state index in [4.69, 9.17) is 10.1 Å². The van der Waals surface area contributed by atoms with Crippen LogP contribution in [0.2, 0.25) is 0 Å². The molecular formula is C12H23N3O. The molecule has 92 valence electrons. The maximum absolute atomic E-state index is 6.97. The number of rotatable bonds is 4. The van der Waals surface area contributed by atoms with E-state index in [0.717, 1.165) is 12.2 Å². The zero-order valence-corrected chi connectivity index (χ0v) is 10.7. The Morgan fingerprint density at radius 3 is 2.56 bits per heavy atom. The topological polar surface area (TPSA) is 72.0 Å². The molecular weight excluding hydrogens is 202 g/mol. The van der Waals surface area contributed by atoms with Crippen molar-refractivity contribution in [3.05, 3.63) is 24.0 Å². The van der Waals surface area contributed by atoms with Gasteiger partial charge in [-0.1, -0.05) is 20.8 Å². The molecule has 0 unspecified atom stereocenters. The van der Waals surface area contributed by atoms with Gasteiger partial charge in [0.25, 0.3) is 0 Å². The molecule has 0 bridgehead atoms. The second kappa shape index (κ2) is 13.6. The number of ether oxygens (including phenoxy) is 1. The van der Waals surface area contributed by atoms with E-state index < -0.39 is 0 Å². The maximum Gasteiger partial charge on any atom is 0.123 e. The summed E-state index contributed by atoms with van der Waals surface area (Å²) >= 11 is 0. The van der Waals surface area contributed by atoms with Gasteiger partial charge >= 0.3 is 0 Å². The van der Waals surface area contributed by atoms with Gasteiger partial charge in [-0.3, -0.25) is 4.98 Å². The summed E-state index contributed by atoms with van der Waals surface area (Å²) in [6, 6.07) is 3.55. The van der Waals surface area contributed by atoms with Crippen LogP contribution in [0.3, 0.4) is 0 Å². The van der Waals surface area contributed by atoms with Gasteiger partial charge in [-0.2, -0.15) is 0 Å². The first kappa shape index (κ1) is 17.0. The molecule has 0 saturated carbocycles. The van der Waals surface area contributed by atoms with Crippen LogP contribution < -0.4 is 10.5 Å². The lowest BCUT2D eigenvalue weighted by molar-refractivity contribution is 0.317. The first-order chi connectivity index (χ1) is 7.86. The van der Waals surface area contributed by atoms with Crippen molar-refractivity contribution in [1.82, 2.24) is 4.98 Å². The quantitative estimate of drug-likeness (QED) is 0.773. The Morgan fingerprint density at radius 1 is 1.44 bits per heavy atom. The van der Waals surface area contributed by atoms with Gasteiger partial charge in [0.05, 0.1) is 12.3 Å². The predicted molar refractivity (Wildman–Crippen MR) is 69.4 cm³/mol. The van der Waals surface area contributed by atoms with Crippen molar-refractivity contribution in [2.75, 3.05) is 13.7 Å². The van der Waals surface area contributed by atoms with Crippen LogP contribution in [-0.2, 0) is 0 Å². The number of hydrogen-bond donors (Lipinski definition) is 2.